The van der Waals surface area contributed by atoms with Gasteiger partial charge in [-0.05, 0) is 48.7 Å². The van der Waals surface area contributed by atoms with Crippen molar-refractivity contribution in [3.8, 4) is 5.75 Å². The van der Waals surface area contributed by atoms with Crippen molar-refractivity contribution in [2.24, 2.45) is 0 Å². The Morgan fingerprint density at radius 2 is 2.06 bits per heavy atom. The molecule has 1 N–H and O–H groups in total. The third kappa shape index (κ3) is 6.40. The van der Waals surface area contributed by atoms with Crippen LogP contribution in [0.2, 0.25) is 0 Å². The Labute approximate surface area is 179 Å². The number of carbonyl (C=O) groups is 2. The van der Waals surface area contributed by atoms with Crippen LogP contribution in [0.4, 0.5) is 4.39 Å². The summed E-state index contributed by atoms with van der Waals surface area (Å²) < 4.78 is 21.1. The van der Waals surface area contributed by atoms with Gasteiger partial charge in [0.2, 0.25) is 0 Å². The van der Waals surface area contributed by atoms with E-state index in [2.05, 4.69) is 4.98 Å². The van der Waals surface area contributed by atoms with Crippen LogP contribution in [0.15, 0.2) is 61.2 Å². The highest BCUT2D eigenvalue weighted by Gasteiger charge is 2.18. The Balaban J connectivity index is 1.68. The molecule has 0 fully saturated rings. The predicted octanol–water partition coefficient (Wildman–Crippen LogP) is 3.53. The first kappa shape index (κ1) is 22.0. The highest BCUT2D eigenvalue weighted by molar-refractivity contribution is 5.91. The van der Waals surface area contributed by atoms with Gasteiger partial charge in [0.1, 0.15) is 17.1 Å². The van der Waals surface area contributed by atoms with E-state index in [4.69, 9.17) is 4.74 Å². The summed E-state index contributed by atoms with van der Waals surface area (Å²) in [5.41, 5.74) is 1.48. The lowest BCUT2D eigenvalue weighted by molar-refractivity contribution is -0.134. The highest BCUT2D eigenvalue weighted by Crippen LogP contribution is 2.20. The van der Waals surface area contributed by atoms with E-state index in [1.54, 1.807) is 41.7 Å². The smallest absolute Gasteiger partial charge is 0.339 e. The Bertz CT molecular complexity index is 1040. The summed E-state index contributed by atoms with van der Waals surface area (Å²) >= 11 is 0. The molecule has 162 valence electrons. The fourth-order valence-corrected chi connectivity index (χ4v) is 3.17. The second-order valence-corrected chi connectivity index (χ2v) is 7.19. The van der Waals surface area contributed by atoms with Crippen LogP contribution in [0.5, 0.6) is 5.75 Å². The topological polar surface area (TPSA) is 84.7 Å². The molecule has 0 aliphatic carbocycles. The number of benzene rings is 2. The molecule has 0 saturated carbocycles. The van der Waals surface area contributed by atoms with Crippen LogP contribution >= 0.6 is 0 Å². The van der Waals surface area contributed by atoms with Gasteiger partial charge < -0.3 is 19.3 Å². The predicted molar refractivity (Wildman–Crippen MR) is 112 cm³/mol. The number of carboxylic acids is 1. The molecule has 0 aliphatic heterocycles. The van der Waals surface area contributed by atoms with Crippen molar-refractivity contribution in [2.45, 2.75) is 26.4 Å². The SMILES string of the molecule is Cc1ccc(C(=O)O)c(OCC(=O)N(CCCn2ccnc2)Cc2cccc(F)c2)c1. The maximum absolute atomic E-state index is 13.6. The number of aromatic nitrogens is 2. The Kier molecular flexibility index (Phi) is 7.37. The standard InChI is InChI=1S/C23H24FN3O4/c1-17-6-7-20(23(29)30)21(12-17)31-15-22(28)27(10-3-9-26-11-8-25-16-26)14-18-4-2-5-19(24)13-18/h2,4-8,11-13,16H,3,9-10,14-15H2,1H3,(H,29,30). The third-order valence-electron chi connectivity index (χ3n) is 4.74. The second-order valence-electron chi connectivity index (χ2n) is 7.19. The van der Waals surface area contributed by atoms with E-state index >= 15 is 0 Å². The molecule has 0 spiro atoms. The number of ether oxygens (including phenoxy) is 1. The van der Waals surface area contributed by atoms with Gasteiger partial charge in [-0.15, -0.1) is 0 Å². The summed E-state index contributed by atoms with van der Waals surface area (Å²) in [4.78, 5) is 29.9. The Hall–Kier alpha value is -3.68. The van der Waals surface area contributed by atoms with Gasteiger partial charge >= 0.3 is 5.97 Å². The molecule has 2 aromatic carbocycles. The first-order valence-electron chi connectivity index (χ1n) is 9.87. The van der Waals surface area contributed by atoms with Gasteiger partial charge in [-0.25, -0.2) is 14.2 Å². The second kappa shape index (κ2) is 10.4. The van der Waals surface area contributed by atoms with E-state index in [0.29, 0.717) is 25.1 Å². The zero-order chi connectivity index (χ0) is 22.2. The van der Waals surface area contributed by atoms with Crippen molar-refractivity contribution in [3.05, 3.63) is 83.7 Å². The van der Waals surface area contributed by atoms with Crippen LogP contribution in [0.1, 0.15) is 27.9 Å². The van der Waals surface area contributed by atoms with Gasteiger partial charge in [-0.3, -0.25) is 4.79 Å². The summed E-state index contributed by atoms with van der Waals surface area (Å²) in [7, 11) is 0. The number of hydrogen-bond donors (Lipinski definition) is 1. The number of amides is 1. The van der Waals surface area contributed by atoms with Crippen LogP contribution in [0, 0.1) is 12.7 Å². The lowest BCUT2D eigenvalue weighted by Gasteiger charge is -2.23. The van der Waals surface area contributed by atoms with Crippen LogP contribution in [-0.2, 0) is 17.9 Å². The number of rotatable bonds is 10. The van der Waals surface area contributed by atoms with Crippen molar-refractivity contribution in [1.82, 2.24) is 14.5 Å². The summed E-state index contributed by atoms with van der Waals surface area (Å²) in [6, 6.07) is 10.8. The molecular formula is C23H24FN3O4. The number of nitrogens with zero attached hydrogens (tertiary/aromatic N) is 3. The maximum atomic E-state index is 13.6. The van der Waals surface area contributed by atoms with E-state index in [1.807, 2.05) is 17.7 Å². The minimum Gasteiger partial charge on any atom is -0.483 e. The molecule has 0 unspecified atom stereocenters. The first-order valence-corrected chi connectivity index (χ1v) is 9.87. The van der Waals surface area contributed by atoms with Crippen LogP contribution in [0.3, 0.4) is 0 Å². The molecule has 0 bridgehead atoms. The third-order valence-corrected chi connectivity index (χ3v) is 4.74. The number of carbonyl (C=O) groups excluding carboxylic acids is 1. The van der Waals surface area contributed by atoms with Crippen molar-refractivity contribution >= 4 is 11.9 Å². The molecule has 0 aliphatic rings. The van der Waals surface area contributed by atoms with Gasteiger partial charge in [0.15, 0.2) is 6.61 Å². The van der Waals surface area contributed by atoms with E-state index < -0.39 is 5.97 Å². The molecule has 1 heterocycles. The van der Waals surface area contributed by atoms with Gasteiger partial charge in [0, 0.05) is 32.0 Å². The quantitative estimate of drug-likeness (QED) is 0.537. The monoisotopic (exact) mass is 425 g/mol. The Morgan fingerprint density at radius 3 is 2.77 bits per heavy atom. The zero-order valence-electron chi connectivity index (χ0n) is 17.2. The summed E-state index contributed by atoms with van der Waals surface area (Å²) in [5, 5.41) is 9.34. The molecule has 3 rings (SSSR count). The molecule has 0 atom stereocenters. The lowest BCUT2D eigenvalue weighted by Crippen LogP contribution is -2.35. The van der Waals surface area contributed by atoms with Crippen LogP contribution in [-0.4, -0.2) is 44.6 Å². The number of aryl methyl sites for hydroxylation is 2. The molecule has 31 heavy (non-hydrogen) atoms. The van der Waals surface area contributed by atoms with E-state index in [-0.39, 0.29) is 36.2 Å². The average molecular weight is 425 g/mol. The molecule has 1 aromatic heterocycles. The summed E-state index contributed by atoms with van der Waals surface area (Å²) in [6.45, 7) is 2.83. The number of carboxylic acid groups (broad SMARTS) is 1. The molecule has 8 heteroatoms. The van der Waals surface area contributed by atoms with E-state index in [1.165, 1.54) is 18.2 Å². The van der Waals surface area contributed by atoms with Crippen LogP contribution in [0.25, 0.3) is 0 Å². The van der Waals surface area contributed by atoms with Crippen LogP contribution < -0.4 is 4.74 Å². The van der Waals surface area contributed by atoms with Gasteiger partial charge in [-0.1, -0.05) is 18.2 Å². The van der Waals surface area contributed by atoms with E-state index in [9.17, 15) is 19.1 Å². The molecular weight excluding hydrogens is 401 g/mol. The molecule has 1 amide bonds. The summed E-state index contributed by atoms with van der Waals surface area (Å²) in [5.74, 6) is -1.66. The highest BCUT2D eigenvalue weighted by atomic mass is 19.1. The van der Waals surface area contributed by atoms with Crippen molar-refractivity contribution < 1.29 is 23.8 Å². The largest absolute Gasteiger partial charge is 0.483 e. The number of hydrogen-bond acceptors (Lipinski definition) is 4. The maximum Gasteiger partial charge on any atom is 0.339 e. The lowest BCUT2D eigenvalue weighted by atomic mass is 10.1. The number of aromatic carboxylic acids is 1. The van der Waals surface area contributed by atoms with Gasteiger partial charge in [0.05, 0.1) is 6.33 Å². The van der Waals surface area contributed by atoms with Crippen molar-refractivity contribution in [2.75, 3.05) is 13.2 Å². The molecule has 3 aromatic rings. The molecule has 0 radical (unpaired) electrons. The fourth-order valence-electron chi connectivity index (χ4n) is 3.17. The van der Waals surface area contributed by atoms with Crippen molar-refractivity contribution in [1.29, 1.82) is 0 Å². The van der Waals surface area contributed by atoms with Gasteiger partial charge in [0.25, 0.3) is 5.91 Å². The number of imidazole rings is 1. The minimum atomic E-state index is -1.13. The zero-order valence-corrected chi connectivity index (χ0v) is 17.2. The van der Waals surface area contributed by atoms with E-state index in [0.717, 1.165) is 5.56 Å². The minimum absolute atomic E-state index is 0.00446. The van der Waals surface area contributed by atoms with Gasteiger partial charge in [-0.2, -0.15) is 0 Å². The molecule has 0 saturated heterocycles. The Morgan fingerprint density at radius 1 is 1.23 bits per heavy atom. The number of halogens is 1. The first-order chi connectivity index (χ1) is 14.9. The summed E-state index contributed by atoms with van der Waals surface area (Å²) in [6.07, 6.45) is 5.90. The average Bonchev–Trinajstić information content (AvgIpc) is 3.24. The fraction of sp³-hybridized carbons (Fsp3) is 0.261. The van der Waals surface area contributed by atoms with Crippen molar-refractivity contribution in [3.63, 3.8) is 0 Å². The molecule has 7 nitrogen and oxygen atoms in total. The normalized spacial score (nSPS) is 10.6.